The van der Waals surface area contributed by atoms with E-state index < -0.39 is 0 Å². The Morgan fingerprint density at radius 3 is 1.52 bits per heavy atom. The van der Waals surface area contributed by atoms with Crippen LogP contribution in [0.1, 0.15) is 0 Å². The van der Waals surface area contributed by atoms with Gasteiger partial charge < -0.3 is 4.90 Å². The van der Waals surface area contributed by atoms with Gasteiger partial charge in [0, 0.05) is 26.8 Å². The number of anilines is 3. The number of hydrogen-bond acceptors (Lipinski definition) is 2. The standard InChI is InChI=1S/C58H39NS/c1-3-15-40(16-4-1)47-36-48(41-17-5-2-6-18-41)38-49(37-47)42-31-33-50(34-32-42)59(56-29-14-28-55-54-26-9-10-30-57(54)60-58(55)56)51-24-12-22-45(39-51)44-21-11-23-46(35-44)53-27-13-20-43-19-7-8-25-52(43)53/h1-39H. The van der Waals surface area contributed by atoms with Crippen LogP contribution < -0.4 is 4.90 Å². The smallest absolute Gasteiger partial charge is 0.0640 e. The summed E-state index contributed by atoms with van der Waals surface area (Å²) < 4.78 is 2.57. The predicted octanol–water partition coefficient (Wildman–Crippen LogP) is 17.0. The van der Waals surface area contributed by atoms with Gasteiger partial charge in [-0.3, -0.25) is 0 Å². The zero-order chi connectivity index (χ0) is 39.8. The summed E-state index contributed by atoms with van der Waals surface area (Å²) >= 11 is 1.86. The highest BCUT2D eigenvalue weighted by molar-refractivity contribution is 7.26. The lowest BCUT2D eigenvalue weighted by Gasteiger charge is -2.27. The minimum absolute atomic E-state index is 1.10. The van der Waals surface area contributed by atoms with Gasteiger partial charge in [0.15, 0.2) is 0 Å². The maximum absolute atomic E-state index is 2.44. The van der Waals surface area contributed by atoms with Gasteiger partial charge in [0.1, 0.15) is 0 Å². The van der Waals surface area contributed by atoms with Gasteiger partial charge in [0.25, 0.3) is 0 Å². The Labute approximate surface area is 354 Å². The number of hydrogen-bond donors (Lipinski definition) is 0. The first-order valence-electron chi connectivity index (χ1n) is 20.5. The molecular formula is C58H39NS. The molecule has 0 spiro atoms. The average molecular weight is 782 g/mol. The van der Waals surface area contributed by atoms with E-state index in [1.54, 1.807) is 0 Å². The Hall–Kier alpha value is -7.52. The van der Waals surface area contributed by atoms with Crippen LogP contribution in [0.2, 0.25) is 0 Å². The lowest BCUT2D eigenvalue weighted by Crippen LogP contribution is -2.10. The summed E-state index contributed by atoms with van der Waals surface area (Å²) in [7, 11) is 0. The number of fused-ring (bicyclic) bond motifs is 4. The van der Waals surface area contributed by atoms with E-state index in [4.69, 9.17) is 0 Å². The fourth-order valence-electron chi connectivity index (χ4n) is 8.70. The fraction of sp³-hybridized carbons (Fsp3) is 0. The average Bonchev–Trinajstić information content (AvgIpc) is 3.72. The van der Waals surface area contributed by atoms with Crippen LogP contribution in [0.4, 0.5) is 17.1 Å². The van der Waals surface area contributed by atoms with Crippen LogP contribution in [0.3, 0.4) is 0 Å². The highest BCUT2D eigenvalue weighted by Crippen LogP contribution is 2.46. The lowest BCUT2D eigenvalue weighted by atomic mass is 9.93. The molecule has 0 fully saturated rings. The number of thiophene rings is 1. The molecule has 60 heavy (non-hydrogen) atoms. The monoisotopic (exact) mass is 781 g/mol. The summed E-state index contributed by atoms with van der Waals surface area (Å²) in [6.45, 7) is 0. The van der Waals surface area contributed by atoms with Crippen LogP contribution in [0.25, 0.3) is 86.6 Å². The molecule has 0 aliphatic heterocycles. The SMILES string of the molecule is c1ccc(-c2cc(-c3ccccc3)cc(-c3ccc(N(c4cccc(-c5cccc(-c6cccc7ccccc67)c5)c4)c4cccc5c4sc4ccccc45)cc3)c2)cc1. The minimum Gasteiger partial charge on any atom is -0.309 e. The quantitative estimate of drug-likeness (QED) is 0.148. The van der Waals surface area contributed by atoms with Crippen molar-refractivity contribution in [2.24, 2.45) is 0 Å². The Morgan fingerprint density at radius 2 is 0.783 bits per heavy atom. The van der Waals surface area contributed by atoms with E-state index >= 15 is 0 Å². The summed E-state index contributed by atoms with van der Waals surface area (Å²) in [4.78, 5) is 2.44. The Balaban J connectivity index is 1.04. The largest absolute Gasteiger partial charge is 0.309 e. The fourth-order valence-corrected chi connectivity index (χ4v) is 9.90. The molecule has 11 aromatic rings. The molecule has 10 aromatic carbocycles. The Kier molecular flexibility index (Phi) is 9.11. The molecule has 1 heterocycles. The summed E-state index contributed by atoms with van der Waals surface area (Å²) in [5.74, 6) is 0. The van der Waals surface area contributed by atoms with E-state index in [2.05, 4.69) is 241 Å². The molecule has 0 bridgehead atoms. The molecule has 0 aliphatic rings. The predicted molar refractivity (Wildman–Crippen MR) is 259 cm³/mol. The summed E-state index contributed by atoms with van der Waals surface area (Å²) in [5, 5.41) is 5.08. The Morgan fingerprint density at radius 1 is 0.283 bits per heavy atom. The molecule has 11 rings (SSSR count). The number of nitrogens with zero attached hydrogens (tertiary/aromatic N) is 1. The van der Waals surface area contributed by atoms with Gasteiger partial charge in [-0.1, -0.05) is 176 Å². The molecule has 0 N–H and O–H groups in total. The van der Waals surface area contributed by atoms with Gasteiger partial charge in [-0.05, 0) is 127 Å². The highest BCUT2D eigenvalue weighted by atomic mass is 32.1. The molecule has 282 valence electrons. The first-order chi connectivity index (χ1) is 29.7. The molecular weight excluding hydrogens is 743 g/mol. The van der Waals surface area contributed by atoms with Crippen molar-refractivity contribution >= 4 is 59.3 Å². The van der Waals surface area contributed by atoms with E-state index in [0.717, 1.165) is 11.4 Å². The van der Waals surface area contributed by atoms with Gasteiger partial charge in [-0.15, -0.1) is 11.3 Å². The third-order valence-corrected chi connectivity index (χ3v) is 12.8. The molecule has 0 atom stereocenters. The highest BCUT2D eigenvalue weighted by Gasteiger charge is 2.19. The summed E-state index contributed by atoms with van der Waals surface area (Å²) in [5.41, 5.74) is 15.4. The van der Waals surface area contributed by atoms with Crippen LogP contribution in [-0.2, 0) is 0 Å². The van der Waals surface area contributed by atoms with Gasteiger partial charge in [-0.2, -0.15) is 0 Å². The van der Waals surface area contributed by atoms with Gasteiger partial charge in [0.2, 0.25) is 0 Å². The van der Waals surface area contributed by atoms with Crippen molar-refractivity contribution in [1.82, 2.24) is 0 Å². The van der Waals surface area contributed by atoms with E-state index in [0.29, 0.717) is 0 Å². The topological polar surface area (TPSA) is 3.24 Å². The van der Waals surface area contributed by atoms with E-state index in [1.807, 2.05) is 11.3 Å². The third-order valence-electron chi connectivity index (χ3n) is 11.6. The van der Waals surface area contributed by atoms with Crippen molar-refractivity contribution in [2.75, 3.05) is 4.90 Å². The molecule has 1 nitrogen and oxygen atoms in total. The van der Waals surface area contributed by atoms with Crippen molar-refractivity contribution in [2.45, 2.75) is 0 Å². The van der Waals surface area contributed by atoms with Gasteiger partial charge >= 0.3 is 0 Å². The molecule has 0 radical (unpaired) electrons. The van der Waals surface area contributed by atoms with Gasteiger partial charge in [0.05, 0.1) is 10.4 Å². The van der Waals surface area contributed by atoms with Crippen molar-refractivity contribution in [1.29, 1.82) is 0 Å². The van der Waals surface area contributed by atoms with Crippen LogP contribution in [0, 0.1) is 0 Å². The summed E-state index contributed by atoms with van der Waals surface area (Å²) in [6.07, 6.45) is 0. The molecule has 1 aromatic heterocycles. The van der Waals surface area contributed by atoms with Crippen molar-refractivity contribution in [3.63, 3.8) is 0 Å². The molecule has 0 saturated heterocycles. The zero-order valence-corrected chi connectivity index (χ0v) is 33.7. The maximum atomic E-state index is 2.44. The molecule has 0 saturated carbocycles. The van der Waals surface area contributed by atoms with Crippen LogP contribution in [-0.4, -0.2) is 0 Å². The van der Waals surface area contributed by atoms with Crippen molar-refractivity contribution < 1.29 is 0 Å². The second-order valence-corrected chi connectivity index (χ2v) is 16.4. The molecule has 0 unspecified atom stereocenters. The normalized spacial score (nSPS) is 11.3. The molecule has 0 aliphatic carbocycles. The van der Waals surface area contributed by atoms with Crippen LogP contribution in [0.5, 0.6) is 0 Å². The summed E-state index contributed by atoms with van der Waals surface area (Å²) in [6, 6.07) is 86.2. The van der Waals surface area contributed by atoms with E-state index in [1.165, 1.54) is 92.3 Å². The Bertz CT molecular complexity index is 3250. The van der Waals surface area contributed by atoms with E-state index in [9.17, 15) is 0 Å². The molecule has 0 amide bonds. The first kappa shape index (κ1) is 35.6. The lowest BCUT2D eigenvalue weighted by molar-refractivity contribution is 1.30. The van der Waals surface area contributed by atoms with Crippen molar-refractivity contribution in [3.8, 4) is 55.6 Å². The van der Waals surface area contributed by atoms with Crippen LogP contribution in [0.15, 0.2) is 237 Å². The van der Waals surface area contributed by atoms with Crippen LogP contribution >= 0.6 is 11.3 Å². The minimum atomic E-state index is 1.10. The molecule has 2 heteroatoms. The number of rotatable bonds is 8. The van der Waals surface area contributed by atoms with E-state index in [-0.39, 0.29) is 0 Å². The second-order valence-electron chi connectivity index (χ2n) is 15.3. The van der Waals surface area contributed by atoms with Gasteiger partial charge in [-0.25, -0.2) is 0 Å². The number of benzene rings is 10. The second kappa shape index (κ2) is 15.3. The third kappa shape index (κ3) is 6.63. The zero-order valence-electron chi connectivity index (χ0n) is 32.9. The van der Waals surface area contributed by atoms with Crippen molar-refractivity contribution in [3.05, 3.63) is 237 Å². The maximum Gasteiger partial charge on any atom is 0.0640 e. The first-order valence-corrected chi connectivity index (χ1v) is 21.3.